The summed E-state index contributed by atoms with van der Waals surface area (Å²) in [6.45, 7) is 3.96. The number of carbonyl (C=O) groups excluding carboxylic acids is 5. The third-order valence-electron chi connectivity index (χ3n) is 6.32. The summed E-state index contributed by atoms with van der Waals surface area (Å²) in [6.07, 6.45) is 3.55. The van der Waals surface area contributed by atoms with Crippen molar-refractivity contribution in [3.63, 3.8) is 0 Å². The van der Waals surface area contributed by atoms with Gasteiger partial charge in [0, 0.05) is 20.0 Å². The first-order valence-electron chi connectivity index (χ1n) is 11.5. The van der Waals surface area contributed by atoms with Crippen LogP contribution in [0.15, 0.2) is 30.3 Å². The normalized spacial score (nSPS) is 21.9. The van der Waals surface area contributed by atoms with Crippen LogP contribution >= 0.6 is 0 Å². The van der Waals surface area contributed by atoms with E-state index in [1.54, 1.807) is 6.92 Å². The zero-order valence-corrected chi connectivity index (χ0v) is 19.2. The van der Waals surface area contributed by atoms with Crippen molar-refractivity contribution in [2.45, 2.75) is 70.1 Å². The number of amides is 4. The van der Waals surface area contributed by atoms with Crippen molar-refractivity contribution in [3.8, 4) is 0 Å². The number of rotatable bonds is 8. The van der Waals surface area contributed by atoms with Gasteiger partial charge < -0.3 is 25.2 Å². The van der Waals surface area contributed by atoms with Gasteiger partial charge in [0.2, 0.25) is 23.6 Å². The van der Waals surface area contributed by atoms with Gasteiger partial charge in [-0.3, -0.25) is 19.2 Å². The molecule has 2 fully saturated rings. The molecule has 178 valence electrons. The number of likely N-dealkylation sites (tertiary alicyclic amines) is 2. The Hall–Kier alpha value is -3.23. The zero-order valence-electron chi connectivity index (χ0n) is 19.2. The Morgan fingerprint density at radius 2 is 1.55 bits per heavy atom. The van der Waals surface area contributed by atoms with Gasteiger partial charge in [0.15, 0.2) is 0 Å². The lowest BCUT2D eigenvalue weighted by atomic mass is 10.1. The maximum Gasteiger partial charge on any atom is 0.245 e. The lowest BCUT2D eigenvalue weighted by Gasteiger charge is -2.29. The molecule has 0 saturated carbocycles. The van der Waals surface area contributed by atoms with Gasteiger partial charge in [0.25, 0.3) is 0 Å². The van der Waals surface area contributed by atoms with Gasteiger partial charge in [-0.05, 0) is 44.6 Å². The molecule has 1 aromatic carbocycles. The first-order valence-corrected chi connectivity index (χ1v) is 11.5. The molecule has 0 radical (unpaired) electrons. The summed E-state index contributed by atoms with van der Waals surface area (Å²) in [5.41, 5.74) is 0.928. The molecule has 9 heteroatoms. The molecule has 0 aliphatic carbocycles. The van der Waals surface area contributed by atoms with Gasteiger partial charge in [-0.25, -0.2) is 0 Å². The molecular formula is C24H32N4O5. The number of nitrogens with one attached hydrogen (secondary N) is 2. The Morgan fingerprint density at radius 3 is 2.15 bits per heavy atom. The monoisotopic (exact) mass is 456 g/mol. The molecule has 2 heterocycles. The fraction of sp³-hybridized carbons (Fsp3) is 0.542. The minimum atomic E-state index is -0.827. The smallest absolute Gasteiger partial charge is 0.245 e. The van der Waals surface area contributed by atoms with Crippen LogP contribution in [-0.4, -0.2) is 77.0 Å². The van der Waals surface area contributed by atoms with E-state index in [9.17, 15) is 24.0 Å². The molecule has 0 aromatic heterocycles. The first kappa shape index (κ1) is 24.4. The van der Waals surface area contributed by atoms with Gasteiger partial charge in [-0.1, -0.05) is 30.3 Å². The van der Waals surface area contributed by atoms with E-state index >= 15 is 0 Å². The molecule has 2 aliphatic heterocycles. The molecule has 9 nitrogen and oxygen atoms in total. The van der Waals surface area contributed by atoms with Crippen molar-refractivity contribution in [1.29, 1.82) is 0 Å². The highest BCUT2D eigenvalue weighted by atomic mass is 16.2. The van der Waals surface area contributed by atoms with Crippen LogP contribution in [0.25, 0.3) is 0 Å². The Labute approximate surface area is 193 Å². The molecular weight excluding hydrogens is 424 g/mol. The number of nitrogens with zero attached hydrogens (tertiary/aromatic N) is 2. The summed E-state index contributed by atoms with van der Waals surface area (Å²) >= 11 is 0. The van der Waals surface area contributed by atoms with E-state index in [2.05, 4.69) is 10.6 Å². The molecule has 3 rings (SSSR count). The molecule has 4 atom stereocenters. The van der Waals surface area contributed by atoms with Gasteiger partial charge >= 0.3 is 0 Å². The molecule has 0 spiro atoms. The highest BCUT2D eigenvalue weighted by molar-refractivity contribution is 5.94. The third kappa shape index (κ3) is 5.97. The lowest BCUT2D eigenvalue weighted by molar-refractivity contribution is -0.142. The molecule has 2 aliphatic rings. The number of hydrogen-bond acceptors (Lipinski definition) is 5. The van der Waals surface area contributed by atoms with Crippen LogP contribution in [0.3, 0.4) is 0 Å². The van der Waals surface area contributed by atoms with Crippen molar-refractivity contribution in [1.82, 2.24) is 20.4 Å². The fourth-order valence-electron chi connectivity index (χ4n) is 4.62. The van der Waals surface area contributed by atoms with E-state index in [1.807, 2.05) is 30.3 Å². The van der Waals surface area contributed by atoms with Crippen LogP contribution in [-0.2, 0) is 30.4 Å². The second-order valence-electron chi connectivity index (χ2n) is 8.73. The van der Waals surface area contributed by atoms with Crippen LogP contribution in [0.2, 0.25) is 0 Å². The number of carbonyl (C=O) groups is 5. The van der Waals surface area contributed by atoms with E-state index in [1.165, 1.54) is 16.7 Å². The highest BCUT2D eigenvalue weighted by Gasteiger charge is 2.38. The Kier molecular flexibility index (Phi) is 8.19. The Morgan fingerprint density at radius 1 is 0.970 bits per heavy atom. The largest absolute Gasteiger partial charge is 0.344 e. The van der Waals surface area contributed by atoms with E-state index in [-0.39, 0.29) is 23.6 Å². The Bertz CT molecular complexity index is 890. The summed E-state index contributed by atoms with van der Waals surface area (Å²) in [4.78, 5) is 64.9. The molecule has 4 amide bonds. The van der Waals surface area contributed by atoms with Gasteiger partial charge in [0.1, 0.15) is 24.4 Å². The molecule has 0 unspecified atom stereocenters. The summed E-state index contributed by atoms with van der Waals surface area (Å²) in [7, 11) is 0. The van der Waals surface area contributed by atoms with Crippen molar-refractivity contribution >= 4 is 29.9 Å². The van der Waals surface area contributed by atoms with Crippen molar-refractivity contribution in [3.05, 3.63) is 35.9 Å². The van der Waals surface area contributed by atoms with Crippen molar-refractivity contribution < 1.29 is 24.0 Å². The highest BCUT2D eigenvalue weighted by Crippen LogP contribution is 2.20. The number of benzene rings is 1. The third-order valence-corrected chi connectivity index (χ3v) is 6.32. The molecule has 0 bridgehead atoms. The minimum Gasteiger partial charge on any atom is -0.344 e. The zero-order chi connectivity index (χ0) is 24.0. The Balaban J connectivity index is 1.58. The van der Waals surface area contributed by atoms with Crippen LogP contribution in [0, 0.1) is 0 Å². The molecule has 1 aromatic rings. The standard InChI is InChI=1S/C24H32N4O5/c1-16(25-22(31)20-10-6-12-27(20)17(2)30)24(33)28-13-7-11-21(28)23(32)26-19(15-29)14-18-8-4-3-5-9-18/h3-5,8-9,15-16,19-21H,6-7,10-14H2,1-2H3,(H,25,31)(H,26,32)/t16-,19-,20-,21-/m0/s1. The second-order valence-corrected chi connectivity index (χ2v) is 8.73. The van der Waals surface area contributed by atoms with E-state index in [0.29, 0.717) is 45.1 Å². The molecule has 33 heavy (non-hydrogen) atoms. The molecule has 2 N–H and O–H groups in total. The summed E-state index contributed by atoms with van der Waals surface area (Å²) in [5, 5.41) is 5.47. The summed E-state index contributed by atoms with van der Waals surface area (Å²) in [6, 6.07) is 6.62. The number of aldehydes is 1. The van der Waals surface area contributed by atoms with Gasteiger partial charge in [0.05, 0.1) is 6.04 Å². The van der Waals surface area contributed by atoms with Crippen LogP contribution in [0.5, 0.6) is 0 Å². The van der Waals surface area contributed by atoms with Crippen LogP contribution in [0.1, 0.15) is 45.1 Å². The van der Waals surface area contributed by atoms with E-state index in [0.717, 1.165) is 12.0 Å². The van der Waals surface area contributed by atoms with Crippen molar-refractivity contribution in [2.24, 2.45) is 0 Å². The molecule has 2 saturated heterocycles. The quantitative estimate of drug-likeness (QED) is 0.550. The minimum absolute atomic E-state index is 0.164. The van der Waals surface area contributed by atoms with Crippen molar-refractivity contribution in [2.75, 3.05) is 13.1 Å². The van der Waals surface area contributed by atoms with Crippen LogP contribution < -0.4 is 10.6 Å². The van der Waals surface area contributed by atoms with Gasteiger partial charge in [-0.2, -0.15) is 0 Å². The maximum atomic E-state index is 13.1. The number of hydrogen-bond donors (Lipinski definition) is 2. The average molecular weight is 457 g/mol. The topological polar surface area (TPSA) is 116 Å². The summed E-state index contributed by atoms with van der Waals surface area (Å²) < 4.78 is 0. The van der Waals surface area contributed by atoms with Crippen LogP contribution in [0.4, 0.5) is 0 Å². The SMILES string of the molecule is CC(=O)N1CCC[C@H]1C(=O)N[C@@H](C)C(=O)N1CCC[C@H]1C(=O)N[C@H](C=O)Cc1ccccc1. The fourth-order valence-corrected chi connectivity index (χ4v) is 4.62. The lowest BCUT2D eigenvalue weighted by Crippen LogP contribution is -2.56. The second kappa shape index (κ2) is 11.1. The average Bonchev–Trinajstić information content (AvgIpc) is 3.48. The predicted molar refractivity (Wildman–Crippen MR) is 121 cm³/mol. The maximum absolute atomic E-state index is 13.1. The van der Waals surface area contributed by atoms with E-state index < -0.39 is 24.2 Å². The van der Waals surface area contributed by atoms with Gasteiger partial charge in [-0.15, -0.1) is 0 Å². The summed E-state index contributed by atoms with van der Waals surface area (Å²) in [5.74, 6) is -1.24. The van der Waals surface area contributed by atoms with E-state index in [4.69, 9.17) is 0 Å². The first-order chi connectivity index (χ1) is 15.8. The predicted octanol–water partition coefficient (Wildman–Crippen LogP) is 0.419.